The van der Waals surface area contributed by atoms with Crippen LogP contribution in [-0.2, 0) is 4.74 Å². The molecule has 0 heterocycles. The van der Waals surface area contributed by atoms with Gasteiger partial charge in [0.1, 0.15) is 0 Å². The number of hydrogen-bond donors (Lipinski definition) is 2. The van der Waals surface area contributed by atoms with Gasteiger partial charge in [0.15, 0.2) is 0 Å². The summed E-state index contributed by atoms with van der Waals surface area (Å²) in [6.45, 7) is 4.58. The first-order valence-corrected chi connectivity index (χ1v) is 4.56. The predicted molar refractivity (Wildman–Crippen MR) is 48.0 cm³/mol. The largest absolute Gasteiger partial charge is 0.393 e. The molecule has 0 amide bonds. The number of aliphatic hydroxyl groups excluding tert-OH is 2. The molecule has 0 rings (SSSR count). The van der Waals surface area contributed by atoms with Crippen LogP contribution in [0.25, 0.3) is 0 Å². The van der Waals surface area contributed by atoms with Gasteiger partial charge in [0.25, 0.3) is 0 Å². The van der Waals surface area contributed by atoms with Crippen LogP contribution in [0.1, 0.15) is 33.1 Å². The molecule has 0 fully saturated rings. The molecule has 0 saturated heterocycles. The van der Waals surface area contributed by atoms with Crippen molar-refractivity contribution in [3.8, 4) is 0 Å². The monoisotopic (exact) mass is 176 g/mol. The molecule has 0 aromatic carbocycles. The topological polar surface area (TPSA) is 49.7 Å². The minimum absolute atomic E-state index is 0.207. The van der Waals surface area contributed by atoms with Gasteiger partial charge >= 0.3 is 0 Å². The van der Waals surface area contributed by atoms with E-state index in [0.717, 1.165) is 19.3 Å². The van der Waals surface area contributed by atoms with E-state index in [1.165, 1.54) is 0 Å². The average molecular weight is 176 g/mol. The minimum Gasteiger partial charge on any atom is -0.393 e. The Bertz CT molecular complexity index is 79.8. The van der Waals surface area contributed by atoms with Crippen molar-refractivity contribution in [2.45, 2.75) is 45.3 Å². The third kappa shape index (κ3) is 9.88. The van der Waals surface area contributed by atoms with Gasteiger partial charge in [-0.3, -0.25) is 0 Å². The van der Waals surface area contributed by atoms with Gasteiger partial charge in [-0.2, -0.15) is 0 Å². The van der Waals surface area contributed by atoms with Gasteiger partial charge in [0.2, 0.25) is 0 Å². The molecule has 0 aliphatic rings. The molecule has 74 valence electrons. The fourth-order valence-electron chi connectivity index (χ4n) is 0.898. The average Bonchev–Trinajstić information content (AvgIpc) is 1.95. The molecule has 0 aliphatic heterocycles. The van der Waals surface area contributed by atoms with Gasteiger partial charge in [0.05, 0.1) is 18.8 Å². The molecule has 0 saturated carbocycles. The number of aliphatic hydroxyl groups is 2. The van der Waals surface area contributed by atoms with Crippen molar-refractivity contribution in [1.29, 1.82) is 0 Å². The van der Waals surface area contributed by atoms with Gasteiger partial charge < -0.3 is 14.9 Å². The molecule has 3 heteroatoms. The first kappa shape index (κ1) is 11.9. The smallest absolute Gasteiger partial charge is 0.0745 e. The second-order valence-electron chi connectivity index (χ2n) is 3.27. The normalized spacial score (nSPS) is 16.0. The van der Waals surface area contributed by atoms with E-state index in [0.29, 0.717) is 13.2 Å². The van der Waals surface area contributed by atoms with Gasteiger partial charge in [0, 0.05) is 6.61 Å². The Hall–Kier alpha value is -0.120. The SMILES string of the molecule is CC(O)CCCCOCC(C)O. The Morgan fingerprint density at radius 3 is 2.25 bits per heavy atom. The second kappa shape index (κ2) is 7.53. The molecular weight excluding hydrogens is 156 g/mol. The third-order valence-corrected chi connectivity index (χ3v) is 1.52. The van der Waals surface area contributed by atoms with E-state index < -0.39 is 0 Å². The van der Waals surface area contributed by atoms with Crippen LogP contribution >= 0.6 is 0 Å². The third-order valence-electron chi connectivity index (χ3n) is 1.52. The molecule has 0 spiro atoms. The van der Waals surface area contributed by atoms with E-state index in [-0.39, 0.29) is 12.2 Å². The summed E-state index contributed by atoms with van der Waals surface area (Å²) in [7, 11) is 0. The molecule has 2 atom stereocenters. The van der Waals surface area contributed by atoms with E-state index in [1.54, 1.807) is 13.8 Å². The molecular formula is C9H20O3. The lowest BCUT2D eigenvalue weighted by atomic mass is 10.2. The van der Waals surface area contributed by atoms with Gasteiger partial charge in [-0.25, -0.2) is 0 Å². The van der Waals surface area contributed by atoms with Crippen molar-refractivity contribution < 1.29 is 14.9 Å². The quantitative estimate of drug-likeness (QED) is 0.567. The number of ether oxygens (including phenoxy) is 1. The summed E-state index contributed by atoms with van der Waals surface area (Å²) in [6, 6.07) is 0. The highest BCUT2D eigenvalue weighted by Crippen LogP contribution is 2.00. The zero-order valence-electron chi connectivity index (χ0n) is 7.99. The van der Waals surface area contributed by atoms with Crippen LogP contribution in [0.4, 0.5) is 0 Å². The fraction of sp³-hybridized carbons (Fsp3) is 1.00. The highest BCUT2D eigenvalue weighted by atomic mass is 16.5. The summed E-state index contributed by atoms with van der Waals surface area (Å²) >= 11 is 0. The summed E-state index contributed by atoms with van der Waals surface area (Å²) in [5, 5.41) is 17.7. The lowest BCUT2D eigenvalue weighted by Gasteiger charge is -2.06. The van der Waals surface area contributed by atoms with Crippen LogP contribution < -0.4 is 0 Å². The molecule has 0 aliphatic carbocycles. The van der Waals surface area contributed by atoms with Crippen LogP contribution in [0.3, 0.4) is 0 Å². The van der Waals surface area contributed by atoms with Crippen LogP contribution in [-0.4, -0.2) is 35.6 Å². The van der Waals surface area contributed by atoms with Crippen LogP contribution in [0, 0.1) is 0 Å². The van der Waals surface area contributed by atoms with Crippen LogP contribution in [0.5, 0.6) is 0 Å². The first-order chi connectivity index (χ1) is 5.63. The van der Waals surface area contributed by atoms with Crippen molar-refractivity contribution in [1.82, 2.24) is 0 Å². The Labute approximate surface area is 74.4 Å². The highest BCUT2D eigenvalue weighted by Gasteiger charge is 1.97. The molecule has 3 nitrogen and oxygen atoms in total. The van der Waals surface area contributed by atoms with Crippen molar-refractivity contribution in [2.24, 2.45) is 0 Å². The maximum atomic E-state index is 8.92. The molecule has 0 radical (unpaired) electrons. The Balaban J connectivity index is 2.91. The summed E-state index contributed by atoms with van der Waals surface area (Å²) in [5.41, 5.74) is 0. The summed E-state index contributed by atoms with van der Waals surface area (Å²) in [6.07, 6.45) is 2.19. The van der Waals surface area contributed by atoms with Gasteiger partial charge in [-0.15, -0.1) is 0 Å². The zero-order valence-corrected chi connectivity index (χ0v) is 7.99. The van der Waals surface area contributed by atoms with E-state index in [2.05, 4.69) is 0 Å². The second-order valence-corrected chi connectivity index (χ2v) is 3.27. The van der Waals surface area contributed by atoms with Crippen molar-refractivity contribution in [2.75, 3.05) is 13.2 Å². The van der Waals surface area contributed by atoms with Gasteiger partial charge in [-0.05, 0) is 33.1 Å². The number of unbranched alkanes of at least 4 members (excludes halogenated alkanes) is 1. The Kier molecular flexibility index (Phi) is 7.45. The molecule has 12 heavy (non-hydrogen) atoms. The maximum Gasteiger partial charge on any atom is 0.0745 e. The zero-order chi connectivity index (χ0) is 9.40. The van der Waals surface area contributed by atoms with Gasteiger partial charge in [-0.1, -0.05) is 0 Å². The van der Waals surface area contributed by atoms with Crippen LogP contribution in [0.15, 0.2) is 0 Å². The number of hydrogen-bond acceptors (Lipinski definition) is 3. The minimum atomic E-state index is -0.373. The summed E-state index contributed by atoms with van der Waals surface area (Å²) in [5.74, 6) is 0. The standard InChI is InChI=1S/C9H20O3/c1-8(10)5-3-4-6-12-7-9(2)11/h8-11H,3-7H2,1-2H3. The lowest BCUT2D eigenvalue weighted by Crippen LogP contribution is -2.11. The first-order valence-electron chi connectivity index (χ1n) is 4.56. The lowest BCUT2D eigenvalue weighted by molar-refractivity contribution is 0.0434. The molecule has 0 aromatic heterocycles. The molecule has 2 N–H and O–H groups in total. The van der Waals surface area contributed by atoms with E-state index >= 15 is 0 Å². The summed E-state index contributed by atoms with van der Waals surface area (Å²) in [4.78, 5) is 0. The summed E-state index contributed by atoms with van der Waals surface area (Å²) < 4.78 is 5.15. The fourth-order valence-corrected chi connectivity index (χ4v) is 0.898. The number of rotatable bonds is 7. The van der Waals surface area contributed by atoms with E-state index in [9.17, 15) is 0 Å². The van der Waals surface area contributed by atoms with Crippen molar-refractivity contribution in [3.63, 3.8) is 0 Å². The maximum absolute atomic E-state index is 8.92. The Morgan fingerprint density at radius 2 is 1.75 bits per heavy atom. The Morgan fingerprint density at radius 1 is 1.08 bits per heavy atom. The molecule has 0 aromatic rings. The van der Waals surface area contributed by atoms with E-state index in [1.807, 2.05) is 0 Å². The van der Waals surface area contributed by atoms with E-state index in [4.69, 9.17) is 14.9 Å². The van der Waals surface area contributed by atoms with Crippen molar-refractivity contribution >= 4 is 0 Å². The highest BCUT2D eigenvalue weighted by molar-refractivity contribution is 4.48. The van der Waals surface area contributed by atoms with Crippen molar-refractivity contribution in [3.05, 3.63) is 0 Å². The molecule has 0 bridgehead atoms. The van der Waals surface area contributed by atoms with Crippen LogP contribution in [0.2, 0.25) is 0 Å². The molecule has 2 unspecified atom stereocenters. The predicted octanol–water partition coefficient (Wildman–Crippen LogP) is 0.935.